The number of nitrogens with one attached hydrogen (secondary N) is 1. The van der Waals surface area contributed by atoms with Gasteiger partial charge in [-0.05, 0) is 30.0 Å². The molecule has 1 unspecified atom stereocenters. The van der Waals surface area contributed by atoms with Gasteiger partial charge in [0.15, 0.2) is 0 Å². The number of nitriles is 1. The van der Waals surface area contributed by atoms with Crippen molar-refractivity contribution in [1.82, 2.24) is 5.32 Å². The first-order valence-electron chi connectivity index (χ1n) is 6.45. The summed E-state index contributed by atoms with van der Waals surface area (Å²) in [4.78, 5) is 11.1. The number of hydrogen-bond acceptors (Lipinski definition) is 3. The standard InChI is InChI=1S/C15H20N2O2/c1-11(2)7-14(15(18)19)10-17-9-13-5-3-12(8-16)4-6-13/h3-6,11,14,17H,7,9-10H2,1-2H3,(H,18,19). The average Bonchev–Trinajstić information content (AvgIpc) is 2.37. The molecule has 0 bridgehead atoms. The highest BCUT2D eigenvalue weighted by atomic mass is 16.4. The summed E-state index contributed by atoms with van der Waals surface area (Å²) in [6.07, 6.45) is 0.676. The van der Waals surface area contributed by atoms with Gasteiger partial charge in [0.25, 0.3) is 0 Å². The van der Waals surface area contributed by atoms with Crippen molar-refractivity contribution >= 4 is 5.97 Å². The van der Waals surface area contributed by atoms with Crippen LogP contribution >= 0.6 is 0 Å². The van der Waals surface area contributed by atoms with Gasteiger partial charge in [0.05, 0.1) is 17.6 Å². The summed E-state index contributed by atoms with van der Waals surface area (Å²) < 4.78 is 0. The third-order valence-electron chi connectivity index (χ3n) is 2.91. The first kappa shape index (κ1) is 15.2. The number of rotatable bonds is 7. The topological polar surface area (TPSA) is 73.1 Å². The Morgan fingerprint density at radius 2 is 2.00 bits per heavy atom. The van der Waals surface area contributed by atoms with Gasteiger partial charge in [-0.25, -0.2) is 0 Å². The Morgan fingerprint density at radius 1 is 1.37 bits per heavy atom. The van der Waals surface area contributed by atoms with E-state index >= 15 is 0 Å². The van der Waals surface area contributed by atoms with Crippen molar-refractivity contribution in [3.8, 4) is 6.07 Å². The van der Waals surface area contributed by atoms with Gasteiger partial charge in [0.2, 0.25) is 0 Å². The molecule has 0 aromatic heterocycles. The zero-order chi connectivity index (χ0) is 14.3. The predicted octanol–water partition coefficient (Wildman–Crippen LogP) is 2.39. The first-order valence-corrected chi connectivity index (χ1v) is 6.45. The van der Waals surface area contributed by atoms with E-state index in [1.165, 1.54) is 0 Å². The van der Waals surface area contributed by atoms with Gasteiger partial charge in [0.1, 0.15) is 0 Å². The van der Waals surface area contributed by atoms with Crippen molar-refractivity contribution in [2.75, 3.05) is 6.54 Å². The van der Waals surface area contributed by atoms with Crippen LogP contribution < -0.4 is 5.32 Å². The Kier molecular flexibility index (Phi) is 6.04. The Balaban J connectivity index is 2.43. The van der Waals surface area contributed by atoms with Crippen molar-refractivity contribution in [2.24, 2.45) is 11.8 Å². The van der Waals surface area contributed by atoms with Crippen LogP contribution in [0.15, 0.2) is 24.3 Å². The number of hydrogen-bond donors (Lipinski definition) is 2. The van der Waals surface area contributed by atoms with Crippen molar-refractivity contribution in [2.45, 2.75) is 26.8 Å². The van der Waals surface area contributed by atoms with E-state index in [1.807, 2.05) is 26.0 Å². The largest absolute Gasteiger partial charge is 0.481 e. The van der Waals surface area contributed by atoms with E-state index in [4.69, 9.17) is 10.4 Å². The molecule has 102 valence electrons. The third kappa shape index (κ3) is 5.54. The van der Waals surface area contributed by atoms with Crippen LogP contribution in [0.4, 0.5) is 0 Å². The van der Waals surface area contributed by atoms with Crippen LogP contribution in [0.25, 0.3) is 0 Å². The van der Waals surface area contributed by atoms with Crippen LogP contribution in [0.3, 0.4) is 0 Å². The minimum Gasteiger partial charge on any atom is -0.481 e. The molecule has 1 aromatic rings. The normalized spacial score (nSPS) is 12.1. The van der Waals surface area contributed by atoms with Crippen LogP contribution in [0.2, 0.25) is 0 Å². The van der Waals surface area contributed by atoms with E-state index in [2.05, 4.69) is 11.4 Å². The van der Waals surface area contributed by atoms with Crippen molar-refractivity contribution < 1.29 is 9.90 Å². The van der Waals surface area contributed by atoms with Gasteiger partial charge < -0.3 is 10.4 Å². The lowest BCUT2D eigenvalue weighted by Gasteiger charge is -2.15. The number of carboxylic acid groups (broad SMARTS) is 1. The summed E-state index contributed by atoms with van der Waals surface area (Å²) in [5.74, 6) is -0.725. The summed E-state index contributed by atoms with van der Waals surface area (Å²) in [6.45, 7) is 5.13. The quantitative estimate of drug-likeness (QED) is 0.789. The highest BCUT2D eigenvalue weighted by Gasteiger charge is 2.18. The summed E-state index contributed by atoms with van der Waals surface area (Å²) in [7, 11) is 0. The highest BCUT2D eigenvalue weighted by molar-refractivity contribution is 5.70. The summed E-state index contributed by atoms with van der Waals surface area (Å²) >= 11 is 0. The molecule has 1 rings (SSSR count). The first-order chi connectivity index (χ1) is 9.02. The predicted molar refractivity (Wildman–Crippen MR) is 73.4 cm³/mol. The molecule has 0 aliphatic rings. The number of nitrogens with zero attached hydrogens (tertiary/aromatic N) is 1. The van der Waals surface area contributed by atoms with Gasteiger partial charge in [-0.1, -0.05) is 26.0 Å². The maximum absolute atomic E-state index is 11.1. The molecule has 4 nitrogen and oxygen atoms in total. The molecule has 2 N–H and O–H groups in total. The maximum atomic E-state index is 11.1. The highest BCUT2D eigenvalue weighted by Crippen LogP contribution is 2.11. The Labute approximate surface area is 114 Å². The second-order valence-corrected chi connectivity index (χ2v) is 5.10. The molecule has 0 heterocycles. The molecule has 0 radical (unpaired) electrons. The van der Waals surface area contributed by atoms with E-state index in [1.54, 1.807) is 12.1 Å². The Bertz CT molecular complexity index is 446. The van der Waals surface area contributed by atoms with E-state index < -0.39 is 5.97 Å². The fraction of sp³-hybridized carbons (Fsp3) is 0.467. The zero-order valence-corrected chi connectivity index (χ0v) is 11.4. The van der Waals surface area contributed by atoms with Gasteiger partial charge >= 0.3 is 5.97 Å². The number of aliphatic carboxylic acids is 1. The van der Waals surface area contributed by atoms with E-state index in [0.717, 1.165) is 5.56 Å². The number of carboxylic acids is 1. The van der Waals surface area contributed by atoms with Crippen LogP contribution in [0, 0.1) is 23.2 Å². The molecule has 19 heavy (non-hydrogen) atoms. The fourth-order valence-corrected chi connectivity index (χ4v) is 1.93. The zero-order valence-electron chi connectivity index (χ0n) is 11.4. The van der Waals surface area contributed by atoms with Gasteiger partial charge in [0, 0.05) is 13.1 Å². The number of carbonyl (C=O) groups is 1. The molecule has 4 heteroatoms. The lowest BCUT2D eigenvalue weighted by molar-refractivity contribution is -0.142. The van der Waals surface area contributed by atoms with Crippen LogP contribution in [-0.2, 0) is 11.3 Å². The molecule has 1 aromatic carbocycles. The minimum absolute atomic E-state index is 0.349. The lowest BCUT2D eigenvalue weighted by atomic mass is 9.97. The molecule has 0 spiro atoms. The second-order valence-electron chi connectivity index (χ2n) is 5.10. The fourth-order valence-electron chi connectivity index (χ4n) is 1.93. The smallest absolute Gasteiger partial charge is 0.307 e. The molecule has 0 amide bonds. The van der Waals surface area contributed by atoms with Gasteiger partial charge in [-0.2, -0.15) is 5.26 Å². The number of benzene rings is 1. The lowest BCUT2D eigenvalue weighted by Crippen LogP contribution is -2.29. The SMILES string of the molecule is CC(C)CC(CNCc1ccc(C#N)cc1)C(=O)O. The van der Waals surface area contributed by atoms with Crippen molar-refractivity contribution in [1.29, 1.82) is 5.26 Å². The summed E-state index contributed by atoms with van der Waals surface area (Å²) in [5, 5.41) is 21.0. The van der Waals surface area contributed by atoms with E-state index in [-0.39, 0.29) is 5.92 Å². The molecular formula is C15H20N2O2. The van der Waals surface area contributed by atoms with Crippen LogP contribution in [-0.4, -0.2) is 17.6 Å². The van der Waals surface area contributed by atoms with Crippen molar-refractivity contribution in [3.63, 3.8) is 0 Å². The second kappa shape index (κ2) is 7.55. The Morgan fingerprint density at radius 3 is 2.47 bits per heavy atom. The van der Waals surface area contributed by atoms with Gasteiger partial charge in [-0.3, -0.25) is 4.79 Å². The third-order valence-corrected chi connectivity index (χ3v) is 2.91. The molecule has 1 atom stereocenters. The minimum atomic E-state index is -0.749. The summed E-state index contributed by atoms with van der Waals surface area (Å²) in [5.41, 5.74) is 1.68. The summed E-state index contributed by atoms with van der Waals surface area (Å²) in [6, 6.07) is 9.35. The average molecular weight is 260 g/mol. The van der Waals surface area contributed by atoms with Gasteiger partial charge in [-0.15, -0.1) is 0 Å². The van der Waals surface area contributed by atoms with E-state index in [0.29, 0.717) is 31.0 Å². The maximum Gasteiger partial charge on any atom is 0.307 e. The molecular weight excluding hydrogens is 240 g/mol. The monoisotopic (exact) mass is 260 g/mol. The Hall–Kier alpha value is -1.86. The molecule has 0 saturated carbocycles. The van der Waals surface area contributed by atoms with Crippen LogP contribution in [0.5, 0.6) is 0 Å². The molecule has 0 saturated heterocycles. The van der Waals surface area contributed by atoms with E-state index in [9.17, 15) is 4.79 Å². The van der Waals surface area contributed by atoms with Crippen LogP contribution in [0.1, 0.15) is 31.4 Å². The van der Waals surface area contributed by atoms with Crippen molar-refractivity contribution in [3.05, 3.63) is 35.4 Å². The molecule has 0 fully saturated rings. The molecule has 0 aliphatic heterocycles. The molecule has 0 aliphatic carbocycles.